The van der Waals surface area contributed by atoms with Gasteiger partial charge in [0.2, 0.25) is 0 Å². The van der Waals surface area contributed by atoms with Gasteiger partial charge >= 0.3 is 0 Å². The van der Waals surface area contributed by atoms with Crippen LogP contribution in [0.1, 0.15) is 24.5 Å². The summed E-state index contributed by atoms with van der Waals surface area (Å²) in [4.78, 5) is 0. The molecule has 1 saturated heterocycles. The zero-order chi connectivity index (χ0) is 11.8. The van der Waals surface area contributed by atoms with Crippen molar-refractivity contribution in [1.29, 1.82) is 0 Å². The van der Waals surface area contributed by atoms with Crippen molar-refractivity contribution in [2.75, 3.05) is 13.1 Å². The molecule has 0 spiro atoms. The number of hydrogen-bond acceptors (Lipinski definition) is 2. The summed E-state index contributed by atoms with van der Waals surface area (Å²) in [6, 6.07) is 3.67. The maximum Gasteiger partial charge on any atom is 0.131 e. The number of morpholine rings is 1. The standard InChI is InChI=1S/C13H15F2NO/c14-9-3-4-10(11(15)5-9)13-7-16-6-12(17-13)8-1-2-8/h3-5,8,12-13,16H,1-2,6-7H2. The first kappa shape index (κ1) is 11.1. The summed E-state index contributed by atoms with van der Waals surface area (Å²) in [7, 11) is 0. The van der Waals surface area contributed by atoms with E-state index < -0.39 is 11.6 Å². The molecule has 1 N–H and O–H groups in total. The molecule has 0 aromatic heterocycles. The minimum absolute atomic E-state index is 0.179. The Kier molecular flexibility index (Phi) is 2.84. The van der Waals surface area contributed by atoms with Gasteiger partial charge in [-0.05, 0) is 24.8 Å². The average Bonchev–Trinajstić information content (AvgIpc) is 3.13. The van der Waals surface area contributed by atoms with E-state index in [0.717, 1.165) is 12.6 Å². The lowest BCUT2D eigenvalue weighted by atomic mass is 10.1. The van der Waals surface area contributed by atoms with Crippen molar-refractivity contribution in [2.24, 2.45) is 5.92 Å². The lowest BCUT2D eigenvalue weighted by Crippen LogP contribution is -2.41. The first-order chi connectivity index (χ1) is 8.24. The SMILES string of the molecule is Fc1ccc(C2CNCC(C3CC3)O2)c(F)c1. The van der Waals surface area contributed by atoms with Gasteiger partial charge < -0.3 is 10.1 Å². The molecule has 0 bridgehead atoms. The monoisotopic (exact) mass is 239 g/mol. The third-order valence-electron chi connectivity index (χ3n) is 3.47. The fourth-order valence-electron chi connectivity index (χ4n) is 2.36. The predicted octanol–water partition coefficient (Wildman–Crippen LogP) is 2.40. The molecule has 1 saturated carbocycles. The third-order valence-corrected chi connectivity index (χ3v) is 3.47. The van der Waals surface area contributed by atoms with Crippen molar-refractivity contribution in [3.05, 3.63) is 35.4 Å². The van der Waals surface area contributed by atoms with Crippen molar-refractivity contribution in [3.63, 3.8) is 0 Å². The van der Waals surface area contributed by atoms with Crippen molar-refractivity contribution < 1.29 is 13.5 Å². The van der Waals surface area contributed by atoms with E-state index in [9.17, 15) is 8.78 Å². The van der Waals surface area contributed by atoms with Gasteiger partial charge in [0.25, 0.3) is 0 Å². The molecular formula is C13H15F2NO. The Hall–Kier alpha value is -1.00. The van der Waals surface area contributed by atoms with E-state index in [2.05, 4.69) is 5.32 Å². The fourth-order valence-corrected chi connectivity index (χ4v) is 2.36. The summed E-state index contributed by atoms with van der Waals surface area (Å²) in [6.07, 6.45) is 2.28. The highest BCUT2D eigenvalue weighted by atomic mass is 19.1. The lowest BCUT2D eigenvalue weighted by molar-refractivity contribution is -0.0508. The van der Waals surface area contributed by atoms with E-state index in [1.165, 1.54) is 25.0 Å². The van der Waals surface area contributed by atoms with Crippen LogP contribution in [-0.4, -0.2) is 19.2 Å². The number of halogens is 2. The van der Waals surface area contributed by atoms with Gasteiger partial charge in [0.15, 0.2) is 0 Å². The second kappa shape index (κ2) is 4.35. The molecule has 92 valence electrons. The zero-order valence-corrected chi connectivity index (χ0v) is 9.46. The van der Waals surface area contributed by atoms with Gasteiger partial charge in [-0.25, -0.2) is 8.78 Å². The van der Waals surface area contributed by atoms with Crippen LogP contribution in [0.4, 0.5) is 8.78 Å². The van der Waals surface area contributed by atoms with Crippen molar-refractivity contribution in [3.8, 4) is 0 Å². The normalized spacial score (nSPS) is 29.3. The second-order valence-corrected chi connectivity index (χ2v) is 4.82. The highest BCUT2D eigenvalue weighted by molar-refractivity contribution is 5.22. The van der Waals surface area contributed by atoms with E-state index in [0.29, 0.717) is 18.0 Å². The van der Waals surface area contributed by atoms with Crippen molar-refractivity contribution in [1.82, 2.24) is 5.32 Å². The number of rotatable bonds is 2. The van der Waals surface area contributed by atoms with Crippen LogP contribution in [0.2, 0.25) is 0 Å². The summed E-state index contributed by atoms with van der Waals surface area (Å²) in [5, 5.41) is 3.26. The van der Waals surface area contributed by atoms with Gasteiger partial charge in [0.1, 0.15) is 11.6 Å². The van der Waals surface area contributed by atoms with Crippen LogP contribution in [0.25, 0.3) is 0 Å². The van der Waals surface area contributed by atoms with Crippen LogP contribution in [-0.2, 0) is 4.74 Å². The van der Waals surface area contributed by atoms with E-state index >= 15 is 0 Å². The minimum atomic E-state index is -0.547. The van der Waals surface area contributed by atoms with Crippen LogP contribution in [0.3, 0.4) is 0 Å². The summed E-state index contributed by atoms with van der Waals surface area (Å²) in [5.41, 5.74) is 0.448. The molecule has 1 heterocycles. The van der Waals surface area contributed by atoms with Gasteiger partial charge in [0.05, 0.1) is 12.2 Å². The minimum Gasteiger partial charge on any atom is -0.367 e. The largest absolute Gasteiger partial charge is 0.367 e. The maximum atomic E-state index is 13.6. The quantitative estimate of drug-likeness (QED) is 0.855. The van der Waals surface area contributed by atoms with E-state index in [-0.39, 0.29) is 12.2 Å². The van der Waals surface area contributed by atoms with Gasteiger partial charge in [0, 0.05) is 24.7 Å². The van der Waals surface area contributed by atoms with Crippen molar-refractivity contribution >= 4 is 0 Å². The zero-order valence-electron chi connectivity index (χ0n) is 9.46. The molecular weight excluding hydrogens is 224 g/mol. The van der Waals surface area contributed by atoms with Crippen LogP contribution < -0.4 is 5.32 Å². The molecule has 1 aromatic carbocycles. The average molecular weight is 239 g/mol. The van der Waals surface area contributed by atoms with Crippen LogP contribution >= 0.6 is 0 Å². The molecule has 2 unspecified atom stereocenters. The smallest absolute Gasteiger partial charge is 0.131 e. The number of nitrogens with one attached hydrogen (secondary N) is 1. The molecule has 1 aliphatic carbocycles. The summed E-state index contributed by atoms with van der Waals surface area (Å²) >= 11 is 0. The Morgan fingerprint density at radius 2 is 2.00 bits per heavy atom. The Morgan fingerprint density at radius 3 is 2.71 bits per heavy atom. The van der Waals surface area contributed by atoms with Gasteiger partial charge in [-0.1, -0.05) is 6.07 Å². The summed E-state index contributed by atoms with van der Waals surface area (Å²) < 4.78 is 32.4. The molecule has 0 radical (unpaired) electrons. The summed E-state index contributed by atoms with van der Waals surface area (Å²) in [5.74, 6) is -0.448. The Balaban J connectivity index is 1.77. The van der Waals surface area contributed by atoms with E-state index in [4.69, 9.17) is 4.74 Å². The summed E-state index contributed by atoms with van der Waals surface area (Å²) in [6.45, 7) is 1.43. The molecule has 2 atom stereocenters. The first-order valence-corrected chi connectivity index (χ1v) is 6.05. The third kappa shape index (κ3) is 2.33. The molecule has 3 rings (SSSR count). The van der Waals surface area contributed by atoms with Gasteiger partial charge in [-0.2, -0.15) is 0 Å². The molecule has 2 nitrogen and oxygen atoms in total. The lowest BCUT2D eigenvalue weighted by Gasteiger charge is -2.31. The van der Waals surface area contributed by atoms with Crippen LogP contribution in [0.15, 0.2) is 18.2 Å². The predicted molar refractivity (Wildman–Crippen MR) is 59.6 cm³/mol. The molecule has 1 aliphatic heterocycles. The maximum absolute atomic E-state index is 13.6. The highest BCUT2D eigenvalue weighted by Crippen LogP contribution is 2.38. The number of hydrogen-bond donors (Lipinski definition) is 1. The van der Waals surface area contributed by atoms with Gasteiger partial charge in [-0.15, -0.1) is 0 Å². The topological polar surface area (TPSA) is 21.3 Å². The first-order valence-electron chi connectivity index (χ1n) is 6.05. The molecule has 2 fully saturated rings. The molecule has 4 heteroatoms. The van der Waals surface area contributed by atoms with Crippen LogP contribution in [0.5, 0.6) is 0 Å². The molecule has 1 aromatic rings. The van der Waals surface area contributed by atoms with Gasteiger partial charge in [-0.3, -0.25) is 0 Å². The van der Waals surface area contributed by atoms with Crippen molar-refractivity contribution in [2.45, 2.75) is 25.0 Å². The Bertz CT molecular complexity index is 420. The number of benzene rings is 1. The second-order valence-electron chi connectivity index (χ2n) is 4.82. The molecule has 17 heavy (non-hydrogen) atoms. The van der Waals surface area contributed by atoms with E-state index in [1.807, 2.05) is 0 Å². The molecule has 2 aliphatic rings. The Labute approximate surface area is 99.0 Å². The Morgan fingerprint density at radius 1 is 1.18 bits per heavy atom. The highest BCUT2D eigenvalue weighted by Gasteiger charge is 2.36. The number of ether oxygens (including phenoxy) is 1. The van der Waals surface area contributed by atoms with Crippen LogP contribution in [0, 0.1) is 17.6 Å². The van der Waals surface area contributed by atoms with E-state index in [1.54, 1.807) is 0 Å². The fraction of sp³-hybridized carbons (Fsp3) is 0.538. The molecule has 0 amide bonds.